The van der Waals surface area contributed by atoms with Crippen LogP contribution in [-0.4, -0.2) is 0 Å². The van der Waals surface area contributed by atoms with Crippen molar-refractivity contribution in [3.05, 3.63) is 167 Å². The summed E-state index contributed by atoms with van der Waals surface area (Å²) >= 11 is 0. The maximum atomic E-state index is 9.60. The molecular weight excluding hydrogens is 645 g/mol. The number of nitrogens with zero attached hydrogens (tertiary/aromatic N) is 4. The third kappa shape index (κ3) is 5.89. The van der Waals surface area contributed by atoms with Crippen LogP contribution in [0.3, 0.4) is 0 Å². The molecule has 0 atom stereocenters. The summed E-state index contributed by atoms with van der Waals surface area (Å²) in [4.78, 5) is 4.63. The van der Waals surface area contributed by atoms with Gasteiger partial charge in [-0.1, -0.05) is 82.3 Å². The third-order valence-electron chi connectivity index (χ3n) is 10.6. The van der Waals surface area contributed by atoms with Crippen LogP contribution < -0.4 is 9.80 Å². The van der Waals surface area contributed by atoms with Crippen molar-refractivity contribution in [2.24, 2.45) is 0 Å². The van der Waals surface area contributed by atoms with Crippen LogP contribution >= 0.6 is 0 Å². The lowest BCUT2D eigenvalue weighted by atomic mass is 9.89. The van der Waals surface area contributed by atoms with Gasteiger partial charge in [-0.3, -0.25) is 0 Å². The molecule has 0 amide bonds. The van der Waals surface area contributed by atoms with Crippen molar-refractivity contribution < 1.29 is 0 Å². The first kappa shape index (κ1) is 33.5. The first-order valence-electron chi connectivity index (χ1n) is 18.3. The molecule has 8 aromatic carbocycles. The molecule has 4 heteroatoms. The summed E-state index contributed by atoms with van der Waals surface area (Å²) in [5, 5.41) is 26.3. The second-order valence-corrected chi connectivity index (χ2v) is 14.5. The van der Waals surface area contributed by atoms with Crippen molar-refractivity contribution in [1.82, 2.24) is 0 Å². The van der Waals surface area contributed by atoms with E-state index >= 15 is 0 Å². The molecule has 0 fully saturated rings. The fourth-order valence-corrected chi connectivity index (χ4v) is 7.66. The van der Waals surface area contributed by atoms with Gasteiger partial charge in [-0.15, -0.1) is 0 Å². The first-order valence-corrected chi connectivity index (χ1v) is 18.3. The Bertz CT molecular complexity index is 2670. The Morgan fingerprint density at radius 2 is 0.830 bits per heavy atom. The van der Waals surface area contributed by atoms with E-state index in [2.05, 4.69) is 148 Å². The number of anilines is 6. The van der Waals surface area contributed by atoms with Crippen molar-refractivity contribution in [2.45, 2.75) is 46.5 Å². The van der Waals surface area contributed by atoms with Gasteiger partial charge < -0.3 is 9.80 Å². The summed E-state index contributed by atoms with van der Waals surface area (Å²) in [6.07, 6.45) is 0. The number of aryl methyl sites for hydroxylation is 1. The van der Waals surface area contributed by atoms with Crippen molar-refractivity contribution in [1.29, 1.82) is 10.5 Å². The minimum atomic E-state index is 0.426. The van der Waals surface area contributed by atoms with Crippen LogP contribution in [0.5, 0.6) is 0 Å². The topological polar surface area (TPSA) is 54.1 Å². The fraction of sp³-hybridized carbons (Fsp3) is 0.143. The Morgan fingerprint density at radius 1 is 0.434 bits per heavy atom. The Labute approximate surface area is 311 Å². The number of rotatable bonds is 8. The van der Waals surface area contributed by atoms with Gasteiger partial charge >= 0.3 is 0 Å². The lowest BCUT2D eigenvalue weighted by Gasteiger charge is -2.30. The molecule has 53 heavy (non-hydrogen) atoms. The van der Waals surface area contributed by atoms with Gasteiger partial charge in [0.25, 0.3) is 0 Å². The Hall–Kier alpha value is -6.62. The quantitative estimate of drug-likeness (QED) is 0.150. The zero-order valence-corrected chi connectivity index (χ0v) is 30.7. The van der Waals surface area contributed by atoms with Gasteiger partial charge in [0.15, 0.2) is 0 Å². The molecule has 0 radical (unpaired) electrons. The minimum Gasteiger partial charge on any atom is -0.310 e. The van der Waals surface area contributed by atoms with Gasteiger partial charge in [0.05, 0.1) is 34.6 Å². The maximum absolute atomic E-state index is 9.60. The van der Waals surface area contributed by atoms with E-state index in [1.54, 1.807) is 0 Å². The first-order chi connectivity index (χ1) is 25.7. The molecule has 0 bridgehead atoms. The Morgan fingerprint density at radius 3 is 1.30 bits per heavy atom. The van der Waals surface area contributed by atoms with Gasteiger partial charge in [0, 0.05) is 33.5 Å². The van der Waals surface area contributed by atoms with Crippen molar-refractivity contribution in [3.63, 3.8) is 0 Å². The highest BCUT2D eigenvalue weighted by atomic mass is 15.1. The van der Waals surface area contributed by atoms with E-state index in [0.29, 0.717) is 23.0 Å². The van der Waals surface area contributed by atoms with E-state index in [-0.39, 0.29) is 0 Å². The predicted molar refractivity (Wildman–Crippen MR) is 222 cm³/mol. The molecule has 0 unspecified atom stereocenters. The zero-order valence-electron chi connectivity index (χ0n) is 30.7. The van der Waals surface area contributed by atoms with Crippen LogP contribution in [0.1, 0.15) is 67.3 Å². The summed E-state index contributed by atoms with van der Waals surface area (Å²) in [5.41, 5.74) is 11.3. The van der Waals surface area contributed by atoms with E-state index in [4.69, 9.17) is 0 Å². The molecule has 0 aliphatic carbocycles. The smallest absolute Gasteiger partial charge is 0.0991 e. The monoisotopic (exact) mass is 684 g/mol. The molecule has 0 spiro atoms. The largest absolute Gasteiger partial charge is 0.310 e. The van der Waals surface area contributed by atoms with Gasteiger partial charge in [0.1, 0.15) is 0 Å². The number of hydrogen-bond donors (Lipinski definition) is 0. The molecule has 4 nitrogen and oxygen atoms in total. The molecule has 0 aliphatic rings. The third-order valence-corrected chi connectivity index (χ3v) is 10.6. The van der Waals surface area contributed by atoms with Gasteiger partial charge in [-0.25, -0.2) is 0 Å². The average Bonchev–Trinajstić information content (AvgIpc) is 3.19. The Kier molecular flexibility index (Phi) is 8.54. The van der Waals surface area contributed by atoms with E-state index in [1.807, 2.05) is 48.5 Å². The van der Waals surface area contributed by atoms with Gasteiger partial charge in [-0.2, -0.15) is 10.5 Å². The van der Waals surface area contributed by atoms with Gasteiger partial charge in [0.2, 0.25) is 0 Å². The van der Waals surface area contributed by atoms with Crippen molar-refractivity contribution >= 4 is 66.4 Å². The minimum absolute atomic E-state index is 0.426. The second-order valence-electron chi connectivity index (χ2n) is 14.5. The molecule has 0 aromatic heterocycles. The van der Waals surface area contributed by atoms with Crippen LogP contribution in [0.4, 0.5) is 34.1 Å². The van der Waals surface area contributed by atoms with Crippen LogP contribution in [0.15, 0.2) is 140 Å². The molecular formula is C49H40N4. The molecule has 0 saturated heterocycles. The lowest BCUT2D eigenvalue weighted by Crippen LogP contribution is -2.12. The summed E-state index contributed by atoms with van der Waals surface area (Å²) in [5.74, 6) is 0.853. The van der Waals surface area contributed by atoms with Crippen LogP contribution in [-0.2, 0) is 0 Å². The summed E-state index contributed by atoms with van der Waals surface area (Å²) in [7, 11) is 0. The molecule has 0 heterocycles. The molecule has 0 N–H and O–H groups in total. The number of benzene rings is 8. The van der Waals surface area contributed by atoms with Crippen molar-refractivity contribution in [2.75, 3.05) is 9.80 Å². The summed E-state index contributed by atoms with van der Waals surface area (Å²) in [6, 6.07) is 53.8. The van der Waals surface area contributed by atoms with Crippen LogP contribution in [0, 0.1) is 29.6 Å². The summed E-state index contributed by atoms with van der Waals surface area (Å²) < 4.78 is 0. The SMILES string of the molecule is Cc1cc(N(c2ccc(C#N)cc2)c2ccc(C(C)C)cc2)c2ccc3ccc(N(c4ccc(C#N)cc4)c4ccc(C(C)C)cc4)c4ccc1c2c34. The van der Waals surface area contributed by atoms with Crippen LogP contribution in [0.25, 0.3) is 32.3 Å². The molecule has 0 saturated carbocycles. The predicted octanol–water partition coefficient (Wildman–Crippen LogP) is 13.8. The highest BCUT2D eigenvalue weighted by molar-refractivity contribution is 6.28. The number of nitriles is 2. The molecule has 8 rings (SSSR count). The van der Waals surface area contributed by atoms with Crippen LogP contribution in [0.2, 0.25) is 0 Å². The molecule has 0 aliphatic heterocycles. The molecule has 8 aromatic rings. The zero-order chi connectivity index (χ0) is 36.8. The average molecular weight is 685 g/mol. The summed E-state index contributed by atoms with van der Waals surface area (Å²) in [6.45, 7) is 11.1. The van der Waals surface area contributed by atoms with Crippen molar-refractivity contribution in [3.8, 4) is 12.1 Å². The lowest BCUT2D eigenvalue weighted by molar-refractivity contribution is 0.866. The normalized spacial score (nSPS) is 11.4. The number of hydrogen-bond acceptors (Lipinski definition) is 4. The van der Waals surface area contributed by atoms with E-state index in [0.717, 1.165) is 44.9 Å². The molecule has 256 valence electrons. The highest BCUT2D eigenvalue weighted by Gasteiger charge is 2.23. The maximum Gasteiger partial charge on any atom is 0.0991 e. The van der Waals surface area contributed by atoms with E-state index in [1.165, 1.54) is 38.2 Å². The standard InChI is InChI=1S/C49H40N4/c1-31(2)36-10-20-41(21-11-36)52(39-16-6-34(29-50)7-17-39)46-27-15-38-14-24-45-47(28-33(5)43-25-26-44(46)48(38)49(43)45)53(40-18-8-35(30-51)9-19-40)42-22-12-37(13-23-42)32(3)4/h6-28,31-32H,1-5H3. The van der Waals surface area contributed by atoms with Gasteiger partial charge in [-0.05, 0) is 142 Å². The fourth-order valence-electron chi connectivity index (χ4n) is 7.66. The van der Waals surface area contributed by atoms with E-state index < -0.39 is 0 Å². The van der Waals surface area contributed by atoms with E-state index in [9.17, 15) is 10.5 Å². The second kappa shape index (κ2) is 13.5. The highest BCUT2D eigenvalue weighted by Crippen LogP contribution is 2.48. The Balaban J connectivity index is 1.39.